The smallest absolute Gasteiger partial charge is 0.205 e. The molecule has 0 atom stereocenters. The van der Waals surface area contributed by atoms with Gasteiger partial charge in [0, 0.05) is 17.4 Å². The molecule has 0 bridgehead atoms. The fourth-order valence-corrected chi connectivity index (χ4v) is 2.60. The van der Waals surface area contributed by atoms with Gasteiger partial charge in [-0.25, -0.2) is 9.37 Å². The average molecular weight is 330 g/mol. The number of hydrogen-bond acceptors (Lipinski definition) is 3. The molecule has 2 aromatic heterocycles. The van der Waals surface area contributed by atoms with E-state index in [1.54, 1.807) is 18.3 Å². The number of aromatic amines is 1. The van der Waals surface area contributed by atoms with E-state index in [1.165, 1.54) is 12.1 Å². The van der Waals surface area contributed by atoms with Crippen LogP contribution in [0.15, 0.2) is 79.0 Å². The summed E-state index contributed by atoms with van der Waals surface area (Å²) in [7, 11) is 0. The normalized spacial score (nSPS) is 10.6. The molecule has 0 amide bonds. The number of benzene rings is 2. The van der Waals surface area contributed by atoms with Crippen molar-refractivity contribution in [3.63, 3.8) is 0 Å². The van der Waals surface area contributed by atoms with E-state index in [0.29, 0.717) is 5.95 Å². The van der Waals surface area contributed by atoms with Gasteiger partial charge in [0.1, 0.15) is 5.82 Å². The summed E-state index contributed by atoms with van der Waals surface area (Å²) in [5.41, 5.74) is 4.02. The SMILES string of the molecule is Fc1ccc(-c2nc(Nc3ccccc3)[nH]c2-c2ccccn2)cc1. The first-order chi connectivity index (χ1) is 12.3. The lowest BCUT2D eigenvalue weighted by Gasteiger charge is -2.02. The van der Waals surface area contributed by atoms with E-state index in [0.717, 1.165) is 28.3 Å². The maximum atomic E-state index is 13.3. The van der Waals surface area contributed by atoms with Crippen molar-refractivity contribution < 1.29 is 4.39 Å². The molecule has 0 fully saturated rings. The van der Waals surface area contributed by atoms with Gasteiger partial charge in [0.25, 0.3) is 0 Å². The molecule has 0 aliphatic heterocycles. The van der Waals surface area contributed by atoms with Gasteiger partial charge in [-0.3, -0.25) is 4.98 Å². The average Bonchev–Trinajstić information content (AvgIpc) is 3.08. The van der Waals surface area contributed by atoms with Crippen molar-refractivity contribution in [2.75, 3.05) is 5.32 Å². The molecule has 25 heavy (non-hydrogen) atoms. The number of para-hydroxylation sites is 1. The lowest BCUT2D eigenvalue weighted by atomic mass is 10.1. The summed E-state index contributed by atoms with van der Waals surface area (Å²) in [5, 5.41) is 3.25. The van der Waals surface area contributed by atoms with Gasteiger partial charge in [0.2, 0.25) is 5.95 Å². The summed E-state index contributed by atoms with van der Waals surface area (Å²) in [4.78, 5) is 12.3. The first-order valence-corrected chi connectivity index (χ1v) is 7.89. The molecule has 2 heterocycles. The summed E-state index contributed by atoms with van der Waals surface area (Å²) in [6.45, 7) is 0. The van der Waals surface area contributed by atoms with Gasteiger partial charge < -0.3 is 10.3 Å². The van der Waals surface area contributed by atoms with Crippen molar-refractivity contribution in [3.05, 3.63) is 84.8 Å². The number of anilines is 2. The molecule has 122 valence electrons. The second-order valence-corrected chi connectivity index (χ2v) is 5.52. The van der Waals surface area contributed by atoms with E-state index in [9.17, 15) is 4.39 Å². The first kappa shape index (κ1) is 15.1. The number of hydrogen-bond donors (Lipinski definition) is 2. The highest BCUT2D eigenvalue weighted by Crippen LogP contribution is 2.31. The van der Waals surface area contributed by atoms with Crippen molar-refractivity contribution in [1.29, 1.82) is 0 Å². The van der Waals surface area contributed by atoms with Crippen LogP contribution in [-0.2, 0) is 0 Å². The number of imidazole rings is 1. The summed E-state index contributed by atoms with van der Waals surface area (Å²) in [6, 6.07) is 21.7. The summed E-state index contributed by atoms with van der Waals surface area (Å²) < 4.78 is 13.3. The molecule has 5 heteroatoms. The molecule has 0 spiro atoms. The Balaban J connectivity index is 1.79. The van der Waals surface area contributed by atoms with E-state index in [1.807, 2.05) is 48.5 Å². The Labute approximate surface area is 144 Å². The van der Waals surface area contributed by atoms with Gasteiger partial charge in [-0.2, -0.15) is 0 Å². The zero-order valence-electron chi connectivity index (χ0n) is 13.3. The maximum absolute atomic E-state index is 13.3. The Hall–Kier alpha value is -3.47. The minimum atomic E-state index is -0.277. The van der Waals surface area contributed by atoms with Crippen LogP contribution < -0.4 is 5.32 Å². The molecule has 0 saturated carbocycles. The van der Waals surface area contributed by atoms with Gasteiger partial charge in [-0.1, -0.05) is 24.3 Å². The zero-order chi connectivity index (χ0) is 17.1. The lowest BCUT2D eigenvalue weighted by Crippen LogP contribution is -1.91. The Kier molecular flexibility index (Phi) is 3.96. The number of aromatic nitrogens is 3. The third-order valence-corrected chi connectivity index (χ3v) is 3.78. The number of nitrogens with zero attached hydrogens (tertiary/aromatic N) is 2. The van der Waals surface area contributed by atoms with Gasteiger partial charge in [-0.05, 0) is 48.5 Å². The molecule has 0 saturated heterocycles. The Morgan fingerprint density at radius 3 is 2.32 bits per heavy atom. The van der Waals surface area contributed by atoms with E-state index in [4.69, 9.17) is 0 Å². The van der Waals surface area contributed by atoms with Gasteiger partial charge in [0.05, 0.1) is 17.1 Å². The molecule has 4 nitrogen and oxygen atoms in total. The van der Waals surface area contributed by atoms with Crippen LogP contribution in [-0.4, -0.2) is 15.0 Å². The quantitative estimate of drug-likeness (QED) is 0.552. The molecule has 4 aromatic rings. The molecule has 0 aliphatic carbocycles. The monoisotopic (exact) mass is 330 g/mol. The topological polar surface area (TPSA) is 53.6 Å². The van der Waals surface area contributed by atoms with Crippen LogP contribution >= 0.6 is 0 Å². The molecular formula is C20H15FN4. The van der Waals surface area contributed by atoms with Crippen LogP contribution in [0.25, 0.3) is 22.6 Å². The molecule has 0 aliphatic rings. The number of H-pyrrole nitrogens is 1. The van der Waals surface area contributed by atoms with Crippen molar-refractivity contribution in [1.82, 2.24) is 15.0 Å². The molecule has 0 radical (unpaired) electrons. The highest BCUT2D eigenvalue weighted by molar-refractivity contribution is 5.79. The van der Waals surface area contributed by atoms with Crippen molar-refractivity contribution in [3.8, 4) is 22.6 Å². The van der Waals surface area contributed by atoms with Gasteiger partial charge >= 0.3 is 0 Å². The predicted octanol–water partition coefficient (Wildman–Crippen LogP) is 5.02. The van der Waals surface area contributed by atoms with Crippen molar-refractivity contribution >= 4 is 11.6 Å². The van der Waals surface area contributed by atoms with E-state index in [2.05, 4.69) is 20.3 Å². The molecule has 0 unspecified atom stereocenters. The van der Waals surface area contributed by atoms with Crippen molar-refractivity contribution in [2.45, 2.75) is 0 Å². The van der Waals surface area contributed by atoms with Crippen LogP contribution in [0.1, 0.15) is 0 Å². The third kappa shape index (κ3) is 3.26. The second kappa shape index (κ2) is 6.57. The minimum absolute atomic E-state index is 0.277. The highest BCUT2D eigenvalue weighted by Gasteiger charge is 2.15. The van der Waals surface area contributed by atoms with E-state index >= 15 is 0 Å². The minimum Gasteiger partial charge on any atom is -0.326 e. The van der Waals surface area contributed by atoms with Gasteiger partial charge in [0.15, 0.2) is 0 Å². The standard InChI is InChI=1S/C20H15FN4/c21-15-11-9-14(10-12-15)18-19(17-8-4-5-13-22-17)25-20(24-18)23-16-6-2-1-3-7-16/h1-13H,(H2,23,24,25). The van der Waals surface area contributed by atoms with Crippen LogP contribution in [0.3, 0.4) is 0 Å². The number of rotatable bonds is 4. The van der Waals surface area contributed by atoms with Crippen LogP contribution in [0, 0.1) is 5.82 Å². The lowest BCUT2D eigenvalue weighted by molar-refractivity contribution is 0.628. The number of halogens is 1. The summed E-state index contributed by atoms with van der Waals surface area (Å²) in [5.74, 6) is 0.326. The molecular weight excluding hydrogens is 315 g/mol. The molecule has 2 N–H and O–H groups in total. The molecule has 4 rings (SSSR count). The third-order valence-electron chi connectivity index (χ3n) is 3.78. The van der Waals surface area contributed by atoms with Gasteiger partial charge in [-0.15, -0.1) is 0 Å². The van der Waals surface area contributed by atoms with Crippen LogP contribution in [0.4, 0.5) is 16.0 Å². The fraction of sp³-hybridized carbons (Fsp3) is 0. The summed E-state index contributed by atoms with van der Waals surface area (Å²) in [6.07, 6.45) is 1.73. The summed E-state index contributed by atoms with van der Waals surface area (Å²) >= 11 is 0. The second-order valence-electron chi connectivity index (χ2n) is 5.52. The molecule has 2 aromatic carbocycles. The maximum Gasteiger partial charge on any atom is 0.205 e. The van der Waals surface area contributed by atoms with Crippen LogP contribution in [0.2, 0.25) is 0 Å². The Bertz CT molecular complexity index is 964. The Morgan fingerprint density at radius 1 is 0.840 bits per heavy atom. The van der Waals surface area contributed by atoms with Crippen LogP contribution in [0.5, 0.6) is 0 Å². The van der Waals surface area contributed by atoms with E-state index < -0.39 is 0 Å². The van der Waals surface area contributed by atoms with E-state index in [-0.39, 0.29) is 5.82 Å². The number of pyridine rings is 1. The zero-order valence-corrected chi connectivity index (χ0v) is 13.3. The Morgan fingerprint density at radius 2 is 1.60 bits per heavy atom. The number of nitrogens with one attached hydrogen (secondary N) is 2. The van der Waals surface area contributed by atoms with Crippen molar-refractivity contribution in [2.24, 2.45) is 0 Å². The fourth-order valence-electron chi connectivity index (χ4n) is 2.60. The largest absolute Gasteiger partial charge is 0.326 e. The predicted molar refractivity (Wildman–Crippen MR) is 96.9 cm³/mol. The highest BCUT2D eigenvalue weighted by atomic mass is 19.1. The first-order valence-electron chi connectivity index (χ1n) is 7.89.